The molecule has 0 aromatic rings. The van der Waals surface area contributed by atoms with Crippen LogP contribution in [-0.2, 0) is 24.0 Å². The summed E-state index contributed by atoms with van der Waals surface area (Å²) in [5, 5.41) is 20.4. The lowest BCUT2D eigenvalue weighted by Gasteiger charge is -2.11. The number of nitrogens with one attached hydrogen (secondary N) is 5. The van der Waals surface area contributed by atoms with E-state index in [1.807, 2.05) is 0 Å². The van der Waals surface area contributed by atoms with Gasteiger partial charge in [-0.2, -0.15) is 0 Å². The minimum Gasteiger partial charge on any atom is -0.480 e. The Hall–Kier alpha value is -2.69. The van der Waals surface area contributed by atoms with Crippen molar-refractivity contribution in [2.45, 2.75) is 18.9 Å². The van der Waals surface area contributed by atoms with E-state index in [1.165, 1.54) is 0 Å². The van der Waals surface area contributed by atoms with Crippen LogP contribution in [0.25, 0.3) is 0 Å². The van der Waals surface area contributed by atoms with Crippen molar-refractivity contribution in [1.29, 1.82) is 0 Å². The van der Waals surface area contributed by atoms with Gasteiger partial charge in [0.25, 0.3) is 0 Å². The van der Waals surface area contributed by atoms with Crippen LogP contribution in [0.5, 0.6) is 0 Å². The first kappa shape index (κ1) is 19.4. The highest BCUT2D eigenvalue weighted by atomic mass is 16.4. The molecule has 0 aromatic heterocycles. The standard InChI is InChI=1S/C13H21N5O6/c19-9(15-5-10(20)17-7-12(22)23)4-16-11(21)6-18-13(24)8-2-1-3-14-8/h8,14H,1-7H2,(H,15,19)(H,16,21)(H,17,20)(H,18,24)(H,22,23)/t8-/m0/s1. The normalized spacial score (nSPS) is 16.1. The average Bonchev–Trinajstić information content (AvgIpc) is 3.08. The molecule has 4 amide bonds. The van der Waals surface area contributed by atoms with E-state index in [2.05, 4.69) is 26.6 Å². The molecular formula is C13H21N5O6. The number of amides is 4. The van der Waals surface area contributed by atoms with Crippen LogP contribution >= 0.6 is 0 Å². The van der Waals surface area contributed by atoms with Gasteiger partial charge in [-0.15, -0.1) is 0 Å². The van der Waals surface area contributed by atoms with Gasteiger partial charge in [0.2, 0.25) is 23.6 Å². The van der Waals surface area contributed by atoms with Gasteiger partial charge >= 0.3 is 5.97 Å². The molecule has 0 aromatic carbocycles. The smallest absolute Gasteiger partial charge is 0.322 e. The van der Waals surface area contributed by atoms with Crippen molar-refractivity contribution in [3.05, 3.63) is 0 Å². The number of rotatable bonds is 9. The van der Waals surface area contributed by atoms with Gasteiger partial charge in [-0.1, -0.05) is 0 Å². The Labute approximate surface area is 137 Å². The fraction of sp³-hybridized carbons (Fsp3) is 0.615. The van der Waals surface area contributed by atoms with Gasteiger partial charge in [0.15, 0.2) is 0 Å². The van der Waals surface area contributed by atoms with Crippen molar-refractivity contribution in [1.82, 2.24) is 26.6 Å². The number of carboxylic acid groups (broad SMARTS) is 1. The molecule has 0 aliphatic carbocycles. The van der Waals surface area contributed by atoms with Gasteiger partial charge in [-0.3, -0.25) is 24.0 Å². The van der Waals surface area contributed by atoms with Crippen LogP contribution in [0.3, 0.4) is 0 Å². The Morgan fingerprint density at radius 2 is 1.33 bits per heavy atom. The summed E-state index contributed by atoms with van der Waals surface area (Å²) in [4.78, 5) is 56.0. The van der Waals surface area contributed by atoms with E-state index in [9.17, 15) is 24.0 Å². The first-order chi connectivity index (χ1) is 11.4. The maximum Gasteiger partial charge on any atom is 0.322 e. The Balaban J connectivity index is 2.10. The second-order valence-electron chi connectivity index (χ2n) is 5.09. The predicted octanol–water partition coefficient (Wildman–Crippen LogP) is -3.71. The largest absolute Gasteiger partial charge is 0.480 e. The van der Waals surface area contributed by atoms with Gasteiger partial charge in [-0.25, -0.2) is 0 Å². The van der Waals surface area contributed by atoms with Gasteiger partial charge in [0, 0.05) is 0 Å². The number of carbonyl (C=O) groups excluding carboxylic acids is 4. The Kier molecular flexibility index (Phi) is 8.19. The summed E-state index contributed by atoms with van der Waals surface area (Å²) in [6.45, 7) is -0.774. The molecule has 24 heavy (non-hydrogen) atoms. The van der Waals surface area contributed by atoms with E-state index in [1.54, 1.807) is 0 Å². The highest BCUT2D eigenvalue weighted by Crippen LogP contribution is 2.03. The van der Waals surface area contributed by atoms with Gasteiger partial charge in [0.05, 0.1) is 25.7 Å². The van der Waals surface area contributed by atoms with E-state index in [4.69, 9.17) is 5.11 Å². The zero-order valence-corrected chi connectivity index (χ0v) is 13.0. The second-order valence-corrected chi connectivity index (χ2v) is 5.09. The molecule has 134 valence electrons. The van der Waals surface area contributed by atoms with Gasteiger partial charge < -0.3 is 31.7 Å². The molecule has 0 spiro atoms. The third kappa shape index (κ3) is 8.08. The monoisotopic (exact) mass is 343 g/mol. The van der Waals surface area contributed by atoms with Crippen molar-refractivity contribution >= 4 is 29.6 Å². The molecule has 6 N–H and O–H groups in total. The summed E-state index contributed by atoms with van der Waals surface area (Å²) < 4.78 is 0. The molecule has 0 unspecified atom stereocenters. The first-order valence-electron chi connectivity index (χ1n) is 7.41. The molecule has 11 nitrogen and oxygen atoms in total. The van der Waals surface area contributed by atoms with E-state index in [-0.39, 0.29) is 25.0 Å². The molecule has 1 heterocycles. The summed E-state index contributed by atoms with van der Waals surface area (Å²) in [6.07, 6.45) is 1.63. The van der Waals surface area contributed by atoms with Gasteiger partial charge in [-0.05, 0) is 19.4 Å². The van der Waals surface area contributed by atoms with Crippen LogP contribution in [0.2, 0.25) is 0 Å². The fourth-order valence-corrected chi connectivity index (χ4v) is 1.92. The molecule has 1 aliphatic rings. The molecule has 0 bridgehead atoms. The lowest BCUT2D eigenvalue weighted by molar-refractivity contribution is -0.137. The van der Waals surface area contributed by atoms with E-state index in [0.29, 0.717) is 0 Å². The number of hydrogen-bond acceptors (Lipinski definition) is 6. The average molecular weight is 343 g/mol. The van der Waals surface area contributed by atoms with E-state index < -0.39 is 36.8 Å². The van der Waals surface area contributed by atoms with Crippen molar-refractivity contribution in [3.63, 3.8) is 0 Å². The molecule has 11 heteroatoms. The zero-order valence-electron chi connectivity index (χ0n) is 13.0. The maximum atomic E-state index is 11.7. The van der Waals surface area contributed by atoms with Crippen molar-refractivity contribution in [3.8, 4) is 0 Å². The summed E-state index contributed by atoms with van der Waals surface area (Å²) in [7, 11) is 0. The maximum absolute atomic E-state index is 11.7. The van der Waals surface area contributed by atoms with Crippen LogP contribution in [0.4, 0.5) is 0 Å². The summed E-state index contributed by atoms with van der Waals surface area (Å²) in [5.74, 6) is -3.27. The molecule has 1 saturated heterocycles. The van der Waals surface area contributed by atoms with Crippen molar-refractivity contribution in [2.24, 2.45) is 0 Å². The minimum atomic E-state index is -1.20. The minimum absolute atomic E-state index is 0.247. The van der Waals surface area contributed by atoms with Crippen molar-refractivity contribution < 1.29 is 29.1 Å². The highest BCUT2D eigenvalue weighted by molar-refractivity contribution is 5.91. The lowest BCUT2D eigenvalue weighted by atomic mass is 10.2. The topological polar surface area (TPSA) is 166 Å². The van der Waals surface area contributed by atoms with Gasteiger partial charge in [0.1, 0.15) is 6.54 Å². The molecule has 1 atom stereocenters. The van der Waals surface area contributed by atoms with Crippen LogP contribution in [-0.4, -0.2) is 73.5 Å². The number of carbonyl (C=O) groups is 5. The molecule has 1 fully saturated rings. The quantitative estimate of drug-likeness (QED) is 0.250. The molecule has 1 rings (SSSR count). The second kappa shape index (κ2) is 10.2. The Bertz CT molecular complexity index is 503. The summed E-state index contributed by atoms with van der Waals surface area (Å²) in [5.41, 5.74) is 0. The third-order valence-corrected chi connectivity index (χ3v) is 3.13. The lowest BCUT2D eigenvalue weighted by Crippen LogP contribution is -2.47. The first-order valence-corrected chi connectivity index (χ1v) is 7.41. The number of carboxylic acids is 1. The molecule has 0 radical (unpaired) electrons. The predicted molar refractivity (Wildman–Crippen MR) is 80.7 cm³/mol. The summed E-state index contributed by atoms with van der Waals surface area (Å²) >= 11 is 0. The molecule has 0 saturated carbocycles. The number of hydrogen-bond donors (Lipinski definition) is 6. The Morgan fingerprint density at radius 3 is 1.79 bits per heavy atom. The van der Waals surface area contributed by atoms with E-state index >= 15 is 0 Å². The Morgan fingerprint density at radius 1 is 0.833 bits per heavy atom. The van der Waals surface area contributed by atoms with Crippen LogP contribution in [0.15, 0.2) is 0 Å². The molecular weight excluding hydrogens is 322 g/mol. The molecule has 1 aliphatic heterocycles. The summed E-state index contributed by atoms with van der Waals surface area (Å²) in [6, 6.07) is -0.287. The van der Waals surface area contributed by atoms with Crippen LogP contribution in [0.1, 0.15) is 12.8 Å². The van der Waals surface area contributed by atoms with Crippen LogP contribution in [0, 0.1) is 0 Å². The SMILES string of the molecule is O=C(O)CNC(=O)CNC(=O)CNC(=O)CNC(=O)[C@@H]1CCCN1. The van der Waals surface area contributed by atoms with Crippen molar-refractivity contribution in [2.75, 3.05) is 32.7 Å². The van der Waals surface area contributed by atoms with E-state index in [0.717, 1.165) is 19.4 Å². The third-order valence-electron chi connectivity index (χ3n) is 3.13. The highest BCUT2D eigenvalue weighted by Gasteiger charge is 2.22. The fourth-order valence-electron chi connectivity index (χ4n) is 1.92. The number of aliphatic carboxylic acids is 1. The van der Waals surface area contributed by atoms with Crippen LogP contribution < -0.4 is 26.6 Å². The zero-order chi connectivity index (χ0) is 17.9.